The van der Waals surface area contributed by atoms with Gasteiger partial charge in [-0.25, -0.2) is 4.99 Å². The van der Waals surface area contributed by atoms with Crippen LogP contribution in [0.3, 0.4) is 0 Å². The molecule has 0 fully saturated rings. The van der Waals surface area contributed by atoms with E-state index in [2.05, 4.69) is 70.7 Å². The van der Waals surface area contributed by atoms with Gasteiger partial charge >= 0.3 is 0 Å². The van der Waals surface area contributed by atoms with Crippen LogP contribution in [-0.4, -0.2) is 22.2 Å². The minimum atomic E-state index is -0.680. The number of thiazole rings is 1. The summed E-state index contributed by atoms with van der Waals surface area (Å²) < 4.78 is 9.85. The quantitative estimate of drug-likeness (QED) is 0.199. The first-order valence-corrected chi connectivity index (χ1v) is 16.9. The van der Waals surface area contributed by atoms with Gasteiger partial charge in [-0.2, -0.15) is 0 Å². The number of methoxy groups -OCH3 is 1. The smallest absolute Gasteiger partial charge is 0.271 e. The standard InChI is InChI=1S/C41H32N4O3S/c1-26-37(39(46)43-31-14-4-3-5-15-31)38(28-19-21-32(48-2)22-20-28)45-40(47)36(49-41(45)42-26)23-30-25-44(35-18-9-8-17-34(30)35)24-29-13-10-12-27-11-6-7-16-33(27)29/h3-23,25,38H,24H2,1-2H3,(H,43,46)/b36-23+/t38-/m0/s1. The van der Waals surface area contributed by atoms with Crippen molar-refractivity contribution >= 4 is 50.7 Å². The number of anilines is 1. The molecule has 8 heteroatoms. The Bertz CT molecular complexity index is 2590. The maximum Gasteiger partial charge on any atom is 0.271 e. The molecule has 49 heavy (non-hydrogen) atoms. The fourth-order valence-corrected chi connectivity index (χ4v) is 7.75. The van der Waals surface area contributed by atoms with Crippen LogP contribution in [0.4, 0.5) is 5.69 Å². The van der Waals surface area contributed by atoms with Gasteiger partial charge in [-0.15, -0.1) is 0 Å². The molecule has 1 atom stereocenters. The topological polar surface area (TPSA) is 77.6 Å². The Balaban J connectivity index is 1.25. The third-order valence-corrected chi connectivity index (χ3v) is 10.0. The fourth-order valence-electron chi connectivity index (χ4n) is 6.71. The summed E-state index contributed by atoms with van der Waals surface area (Å²) in [5, 5.41) is 6.49. The van der Waals surface area contributed by atoms with E-state index >= 15 is 0 Å². The van der Waals surface area contributed by atoms with Crippen molar-refractivity contribution in [3.8, 4) is 5.75 Å². The van der Waals surface area contributed by atoms with Gasteiger partial charge in [-0.05, 0) is 65.2 Å². The minimum absolute atomic E-state index is 0.201. The molecular weight excluding hydrogens is 629 g/mol. The lowest BCUT2D eigenvalue weighted by molar-refractivity contribution is -0.113. The third kappa shape index (κ3) is 5.56. The molecule has 1 amide bonds. The van der Waals surface area contributed by atoms with Crippen molar-refractivity contribution in [2.24, 2.45) is 4.99 Å². The van der Waals surface area contributed by atoms with E-state index in [-0.39, 0.29) is 11.5 Å². The maximum atomic E-state index is 14.4. The monoisotopic (exact) mass is 660 g/mol. The summed E-state index contributed by atoms with van der Waals surface area (Å²) in [7, 11) is 1.61. The van der Waals surface area contributed by atoms with E-state index in [1.807, 2.05) is 79.7 Å². The second-order valence-electron chi connectivity index (χ2n) is 12.0. The molecule has 240 valence electrons. The van der Waals surface area contributed by atoms with Crippen molar-refractivity contribution in [3.63, 3.8) is 0 Å². The largest absolute Gasteiger partial charge is 0.497 e. The van der Waals surface area contributed by atoms with E-state index in [1.165, 1.54) is 27.7 Å². The Morgan fingerprint density at radius 1 is 0.878 bits per heavy atom. The zero-order chi connectivity index (χ0) is 33.5. The van der Waals surface area contributed by atoms with E-state index in [0.717, 1.165) is 22.0 Å². The summed E-state index contributed by atoms with van der Waals surface area (Å²) >= 11 is 1.34. The molecular formula is C41H32N4O3S. The molecule has 1 aliphatic rings. The van der Waals surface area contributed by atoms with Gasteiger partial charge in [0, 0.05) is 34.9 Å². The van der Waals surface area contributed by atoms with Gasteiger partial charge in [0.15, 0.2) is 4.80 Å². The number of fused-ring (bicyclic) bond motifs is 3. The number of rotatable bonds is 7. The van der Waals surface area contributed by atoms with E-state index in [0.29, 0.717) is 38.6 Å². The number of carbonyl (C=O) groups is 1. The maximum absolute atomic E-state index is 14.4. The number of carbonyl (C=O) groups excluding carboxylic acids is 1. The Morgan fingerprint density at radius 3 is 2.39 bits per heavy atom. The highest BCUT2D eigenvalue weighted by Crippen LogP contribution is 2.32. The molecule has 8 rings (SSSR count). The number of aromatic nitrogens is 2. The second kappa shape index (κ2) is 12.6. The minimum Gasteiger partial charge on any atom is -0.497 e. The van der Waals surface area contributed by atoms with Crippen LogP contribution in [0, 0.1) is 0 Å². The van der Waals surface area contributed by atoms with Crippen molar-refractivity contribution in [2.45, 2.75) is 19.5 Å². The second-order valence-corrected chi connectivity index (χ2v) is 13.1. The molecule has 5 aromatic carbocycles. The zero-order valence-electron chi connectivity index (χ0n) is 27.0. The highest BCUT2D eigenvalue weighted by atomic mass is 32.1. The van der Waals surface area contributed by atoms with Gasteiger partial charge in [0.25, 0.3) is 11.5 Å². The number of ether oxygens (including phenoxy) is 1. The molecule has 0 bridgehead atoms. The number of hydrogen-bond acceptors (Lipinski definition) is 5. The number of para-hydroxylation sites is 2. The van der Waals surface area contributed by atoms with Crippen LogP contribution in [-0.2, 0) is 11.3 Å². The molecule has 0 unspecified atom stereocenters. The van der Waals surface area contributed by atoms with Crippen molar-refractivity contribution in [3.05, 3.63) is 175 Å². The summed E-state index contributed by atoms with van der Waals surface area (Å²) in [5.41, 5.74) is 5.48. The van der Waals surface area contributed by atoms with Gasteiger partial charge in [0.05, 0.1) is 29.0 Å². The first-order valence-electron chi connectivity index (χ1n) is 16.1. The lowest BCUT2D eigenvalue weighted by Gasteiger charge is -2.25. The molecule has 7 aromatic rings. The summed E-state index contributed by atoms with van der Waals surface area (Å²) in [4.78, 5) is 33.7. The first kappa shape index (κ1) is 30.4. The van der Waals surface area contributed by atoms with Gasteiger partial charge in [-0.1, -0.05) is 102 Å². The number of allylic oxidation sites excluding steroid dienone is 1. The average molecular weight is 661 g/mol. The van der Waals surface area contributed by atoms with Crippen LogP contribution in [0.15, 0.2) is 149 Å². The number of amides is 1. The first-order chi connectivity index (χ1) is 24.0. The van der Waals surface area contributed by atoms with Gasteiger partial charge < -0.3 is 14.6 Å². The van der Waals surface area contributed by atoms with Crippen molar-refractivity contribution < 1.29 is 9.53 Å². The van der Waals surface area contributed by atoms with E-state index in [4.69, 9.17) is 9.73 Å². The van der Waals surface area contributed by atoms with Gasteiger partial charge in [0.2, 0.25) is 0 Å². The molecule has 7 nitrogen and oxygen atoms in total. The number of nitrogens with zero attached hydrogens (tertiary/aromatic N) is 3. The molecule has 0 spiro atoms. The van der Waals surface area contributed by atoms with E-state index in [9.17, 15) is 9.59 Å². The number of hydrogen-bond donors (Lipinski definition) is 1. The SMILES string of the molecule is COc1ccc([C@H]2C(C(=O)Nc3ccccc3)=C(C)N=c3s/c(=C/c4cn(Cc5cccc6ccccc56)c5ccccc45)c(=O)n32)cc1. The van der Waals surface area contributed by atoms with E-state index < -0.39 is 6.04 Å². The molecule has 0 radical (unpaired) electrons. The highest BCUT2D eigenvalue weighted by molar-refractivity contribution is 7.07. The third-order valence-electron chi connectivity index (χ3n) is 9.06. The van der Waals surface area contributed by atoms with Gasteiger partial charge in [0.1, 0.15) is 5.75 Å². The molecule has 3 heterocycles. The molecule has 2 aromatic heterocycles. The van der Waals surface area contributed by atoms with Crippen LogP contribution in [0.25, 0.3) is 27.8 Å². The van der Waals surface area contributed by atoms with Crippen molar-refractivity contribution in [2.75, 3.05) is 12.4 Å². The highest BCUT2D eigenvalue weighted by Gasteiger charge is 2.32. The molecule has 1 aliphatic heterocycles. The van der Waals surface area contributed by atoms with Crippen molar-refractivity contribution in [1.29, 1.82) is 0 Å². The molecule has 1 N–H and O–H groups in total. The van der Waals surface area contributed by atoms with Crippen LogP contribution >= 0.6 is 11.3 Å². The molecule has 0 saturated carbocycles. The molecule has 0 aliphatic carbocycles. The summed E-state index contributed by atoms with van der Waals surface area (Å²) in [6, 6.07) is 39.2. The lowest BCUT2D eigenvalue weighted by atomic mass is 9.95. The van der Waals surface area contributed by atoms with Crippen LogP contribution in [0.5, 0.6) is 5.75 Å². The molecule has 0 saturated heterocycles. The summed E-state index contributed by atoms with van der Waals surface area (Å²) in [6.45, 7) is 2.52. The van der Waals surface area contributed by atoms with Crippen LogP contribution < -0.4 is 24.9 Å². The fraction of sp³-hybridized carbons (Fsp3) is 0.0976. The normalized spacial score (nSPS) is 14.6. The van der Waals surface area contributed by atoms with Crippen LogP contribution in [0.2, 0.25) is 0 Å². The Kier molecular flexibility index (Phi) is 7.78. The zero-order valence-corrected chi connectivity index (χ0v) is 27.8. The summed E-state index contributed by atoms with van der Waals surface area (Å²) in [5.74, 6) is 0.381. The predicted octanol–water partition coefficient (Wildman–Crippen LogP) is 7.04. The average Bonchev–Trinajstić information content (AvgIpc) is 3.63. The summed E-state index contributed by atoms with van der Waals surface area (Å²) in [6.07, 6.45) is 4.08. The van der Waals surface area contributed by atoms with Crippen LogP contribution in [0.1, 0.15) is 29.7 Å². The number of nitrogens with one attached hydrogen (secondary N) is 1. The Hall–Kier alpha value is -5.99. The van der Waals surface area contributed by atoms with Gasteiger partial charge in [-0.3, -0.25) is 14.2 Å². The van der Waals surface area contributed by atoms with E-state index in [1.54, 1.807) is 11.7 Å². The Labute approximate surface area is 286 Å². The number of benzene rings is 5. The predicted molar refractivity (Wildman–Crippen MR) is 197 cm³/mol. The Morgan fingerprint density at radius 2 is 1.59 bits per heavy atom. The van der Waals surface area contributed by atoms with Crippen molar-refractivity contribution in [1.82, 2.24) is 9.13 Å². The lowest BCUT2D eigenvalue weighted by Crippen LogP contribution is -2.40.